The van der Waals surface area contributed by atoms with Crippen molar-refractivity contribution in [3.63, 3.8) is 0 Å². The van der Waals surface area contributed by atoms with Crippen LogP contribution in [-0.4, -0.2) is 17.7 Å². The molecule has 9 heteroatoms. The molecule has 0 fully saturated rings. The van der Waals surface area contributed by atoms with E-state index in [1.165, 1.54) is 30.5 Å². The molecule has 0 aliphatic carbocycles. The van der Waals surface area contributed by atoms with Crippen LogP contribution >= 0.6 is 11.6 Å². The minimum Gasteiger partial charge on any atom is -0.490 e. The third-order valence-electron chi connectivity index (χ3n) is 4.26. The van der Waals surface area contributed by atoms with Gasteiger partial charge in [0.15, 0.2) is 11.5 Å². The van der Waals surface area contributed by atoms with Gasteiger partial charge in [0.1, 0.15) is 19.0 Å². The molecule has 0 N–H and O–H groups in total. The monoisotopic (exact) mass is 458 g/mol. The Labute approximate surface area is 189 Å². The number of nitro groups is 1. The summed E-state index contributed by atoms with van der Waals surface area (Å²) in [6.45, 7) is 2.50. The molecule has 0 spiro atoms. The summed E-state index contributed by atoms with van der Waals surface area (Å²) in [6, 6.07) is 15.4. The van der Waals surface area contributed by atoms with Crippen LogP contribution in [0.25, 0.3) is 0 Å². The maximum Gasteiger partial charge on any atom is 0.269 e. The molecule has 32 heavy (non-hydrogen) atoms. The highest BCUT2D eigenvalue weighted by atomic mass is 35.5. The average molecular weight is 459 g/mol. The van der Waals surface area contributed by atoms with Gasteiger partial charge in [-0.2, -0.15) is 0 Å². The zero-order chi connectivity index (χ0) is 22.9. The summed E-state index contributed by atoms with van der Waals surface area (Å²) in [6.07, 6.45) is 1.45. The number of ether oxygens (including phenoxy) is 2. The summed E-state index contributed by atoms with van der Waals surface area (Å²) < 4.78 is 24.5. The van der Waals surface area contributed by atoms with Crippen molar-refractivity contribution in [3.05, 3.63) is 98.3 Å². The summed E-state index contributed by atoms with van der Waals surface area (Å²) >= 11 is 6.39. The quantitative estimate of drug-likeness (QED) is 0.214. The first-order chi connectivity index (χ1) is 15.5. The fourth-order valence-electron chi connectivity index (χ4n) is 2.77. The number of non-ortho nitro benzene ring substituents is 1. The smallest absolute Gasteiger partial charge is 0.269 e. The second kappa shape index (κ2) is 11.1. The molecule has 0 aliphatic heterocycles. The third kappa shape index (κ3) is 6.42. The van der Waals surface area contributed by atoms with Gasteiger partial charge in [0, 0.05) is 17.7 Å². The van der Waals surface area contributed by atoms with Crippen LogP contribution in [0.3, 0.4) is 0 Å². The summed E-state index contributed by atoms with van der Waals surface area (Å²) in [5, 5.41) is 15.1. The molecule has 0 bridgehead atoms. The lowest BCUT2D eigenvalue weighted by Gasteiger charge is -2.14. The lowest BCUT2D eigenvalue weighted by molar-refractivity contribution is -0.384. The van der Waals surface area contributed by atoms with Gasteiger partial charge in [-0.05, 0) is 42.3 Å². The first-order valence-corrected chi connectivity index (χ1v) is 10.1. The summed E-state index contributed by atoms with van der Waals surface area (Å²) in [7, 11) is 0. The molecule has 0 aromatic heterocycles. The maximum absolute atomic E-state index is 13.1. The van der Waals surface area contributed by atoms with E-state index in [9.17, 15) is 14.5 Å². The first kappa shape index (κ1) is 23.0. The Morgan fingerprint density at radius 1 is 1.06 bits per heavy atom. The lowest BCUT2D eigenvalue weighted by atomic mass is 10.2. The minimum absolute atomic E-state index is 0.0144. The van der Waals surface area contributed by atoms with Crippen LogP contribution in [-0.2, 0) is 18.1 Å². The van der Waals surface area contributed by atoms with E-state index < -0.39 is 4.92 Å². The van der Waals surface area contributed by atoms with Gasteiger partial charge in [-0.25, -0.2) is 4.39 Å². The van der Waals surface area contributed by atoms with Crippen molar-refractivity contribution in [2.75, 3.05) is 6.61 Å². The van der Waals surface area contributed by atoms with Crippen LogP contribution < -0.4 is 9.47 Å². The molecule has 3 rings (SSSR count). The second-order valence-electron chi connectivity index (χ2n) is 6.61. The van der Waals surface area contributed by atoms with E-state index in [0.29, 0.717) is 34.3 Å². The maximum atomic E-state index is 13.1. The Morgan fingerprint density at radius 3 is 2.56 bits per heavy atom. The van der Waals surface area contributed by atoms with E-state index in [0.717, 1.165) is 5.56 Å². The number of benzene rings is 3. The predicted molar refractivity (Wildman–Crippen MR) is 119 cm³/mol. The summed E-state index contributed by atoms with van der Waals surface area (Å²) in [4.78, 5) is 15.6. The molecule has 0 radical (unpaired) electrons. The van der Waals surface area contributed by atoms with Crippen LogP contribution in [0.1, 0.15) is 23.6 Å². The molecule has 3 aromatic carbocycles. The third-order valence-corrected chi connectivity index (χ3v) is 4.54. The van der Waals surface area contributed by atoms with Gasteiger partial charge in [-0.15, -0.1) is 0 Å². The molecule has 3 aromatic rings. The van der Waals surface area contributed by atoms with Crippen LogP contribution in [0.2, 0.25) is 5.02 Å². The van der Waals surface area contributed by atoms with Crippen molar-refractivity contribution >= 4 is 23.5 Å². The SMILES string of the molecule is CCOc1cc(/C=N\OCc2cccc([N+](=O)[O-])c2)cc(Cl)c1OCc1ccc(F)cc1. The Balaban J connectivity index is 1.67. The zero-order valence-corrected chi connectivity index (χ0v) is 17.9. The van der Waals surface area contributed by atoms with Gasteiger partial charge < -0.3 is 14.3 Å². The standard InChI is InChI=1S/C23H20ClFN2O5/c1-2-30-22-12-18(13-26-32-15-17-4-3-5-20(10-17)27(28)29)11-21(24)23(22)31-14-16-6-8-19(25)9-7-16/h3-13H,2,14-15H2,1H3/b26-13-. The molecule has 0 amide bonds. The van der Waals surface area contributed by atoms with Crippen molar-refractivity contribution in [2.45, 2.75) is 20.1 Å². The van der Waals surface area contributed by atoms with Gasteiger partial charge in [0.25, 0.3) is 5.69 Å². The Kier molecular flexibility index (Phi) is 7.99. The van der Waals surface area contributed by atoms with Gasteiger partial charge >= 0.3 is 0 Å². The van der Waals surface area contributed by atoms with Crippen LogP contribution in [0.15, 0.2) is 65.8 Å². The van der Waals surface area contributed by atoms with E-state index in [4.69, 9.17) is 25.9 Å². The average Bonchev–Trinajstić information content (AvgIpc) is 2.78. The summed E-state index contributed by atoms with van der Waals surface area (Å²) in [5.41, 5.74) is 2.00. The van der Waals surface area contributed by atoms with Crippen molar-refractivity contribution in [1.29, 1.82) is 0 Å². The van der Waals surface area contributed by atoms with E-state index in [2.05, 4.69) is 5.16 Å². The molecular formula is C23H20ClFN2O5. The van der Waals surface area contributed by atoms with Crippen LogP contribution in [0.4, 0.5) is 10.1 Å². The van der Waals surface area contributed by atoms with Gasteiger partial charge in [-0.1, -0.05) is 41.0 Å². The Bertz CT molecular complexity index is 1110. The number of halogens is 2. The number of rotatable bonds is 10. The van der Waals surface area contributed by atoms with Crippen LogP contribution in [0.5, 0.6) is 11.5 Å². The second-order valence-corrected chi connectivity index (χ2v) is 7.02. The molecule has 0 saturated heterocycles. The van der Waals surface area contributed by atoms with Crippen molar-refractivity contribution in [2.24, 2.45) is 5.16 Å². The topological polar surface area (TPSA) is 83.2 Å². The molecule has 0 saturated carbocycles. The number of nitro benzene ring substituents is 1. The minimum atomic E-state index is -0.469. The predicted octanol–water partition coefficient (Wildman–Crippen LogP) is 5.92. The Morgan fingerprint density at radius 2 is 1.84 bits per heavy atom. The Hall–Kier alpha value is -3.65. The van der Waals surface area contributed by atoms with Gasteiger partial charge in [0.2, 0.25) is 0 Å². The highest BCUT2D eigenvalue weighted by molar-refractivity contribution is 6.32. The van der Waals surface area contributed by atoms with Crippen molar-refractivity contribution in [3.8, 4) is 11.5 Å². The number of oxime groups is 1. The highest BCUT2D eigenvalue weighted by Gasteiger charge is 2.13. The van der Waals surface area contributed by atoms with E-state index in [1.54, 1.807) is 36.4 Å². The molecule has 166 valence electrons. The molecule has 0 unspecified atom stereocenters. The molecule has 7 nitrogen and oxygen atoms in total. The lowest BCUT2D eigenvalue weighted by Crippen LogP contribution is -2.01. The van der Waals surface area contributed by atoms with Gasteiger partial charge in [-0.3, -0.25) is 10.1 Å². The number of hydrogen-bond acceptors (Lipinski definition) is 6. The first-order valence-electron chi connectivity index (χ1n) is 9.68. The molecule has 0 aliphatic rings. The largest absolute Gasteiger partial charge is 0.490 e. The molecular weight excluding hydrogens is 439 g/mol. The van der Waals surface area contributed by atoms with Crippen LogP contribution in [0, 0.1) is 15.9 Å². The summed E-state index contributed by atoms with van der Waals surface area (Å²) in [5.74, 6) is 0.480. The van der Waals surface area contributed by atoms with Gasteiger partial charge in [0.05, 0.1) is 22.8 Å². The van der Waals surface area contributed by atoms with E-state index in [1.807, 2.05) is 6.92 Å². The van der Waals surface area contributed by atoms with Crippen molar-refractivity contribution < 1.29 is 23.6 Å². The molecule has 0 heterocycles. The zero-order valence-electron chi connectivity index (χ0n) is 17.2. The number of hydrogen-bond donors (Lipinski definition) is 0. The normalized spacial score (nSPS) is 10.8. The van der Waals surface area contributed by atoms with E-state index in [-0.39, 0.29) is 24.7 Å². The fraction of sp³-hybridized carbons (Fsp3) is 0.174. The number of nitrogens with zero attached hydrogens (tertiary/aromatic N) is 2. The fourth-order valence-corrected chi connectivity index (χ4v) is 3.05. The highest BCUT2D eigenvalue weighted by Crippen LogP contribution is 2.37. The van der Waals surface area contributed by atoms with E-state index >= 15 is 0 Å². The van der Waals surface area contributed by atoms with Crippen molar-refractivity contribution in [1.82, 2.24) is 0 Å². The molecule has 0 atom stereocenters.